The minimum atomic E-state index is -0.900. The molecule has 178 valence electrons. The summed E-state index contributed by atoms with van der Waals surface area (Å²) in [5, 5.41) is 14.4. The first-order valence-corrected chi connectivity index (χ1v) is 11.9. The molecule has 34 heavy (non-hydrogen) atoms. The van der Waals surface area contributed by atoms with Crippen LogP contribution in [0.3, 0.4) is 0 Å². The Balaban J connectivity index is 0.000000226. The average molecular weight is 497 g/mol. The standard InChI is InChI=1S/C19H23Cl2N.C9H7NO2/c1-19(2,3)16-7-4-15(5-8-16)13-22-11-10-14-6-9-17(20)18(21)12-14;11-9(12)7-3-1-2-6-4-5-10-8(6)7/h4-9,12,22H,10-11,13H2,1-3H3;1-5,10H,(H,11,12). The van der Waals surface area contributed by atoms with Crippen molar-refractivity contribution in [1.29, 1.82) is 0 Å². The summed E-state index contributed by atoms with van der Waals surface area (Å²) in [6.07, 6.45) is 2.67. The molecule has 0 aliphatic rings. The van der Waals surface area contributed by atoms with Gasteiger partial charge in [0.25, 0.3) is 0 Å². The number of carboxylic acid groups (broad SMARTS) is 1. The Kier molecular flexibility index (Phi) is 8.78. The topological polar surface area (TPSA) is 65.1 Å². The zero-order valence-electron chi connectivity index (χ0n) is 19.7. The van der Waals surface area contributed by atoms with Crippen molar-refractivity contribution < 1.29 is 9.90 Å². The van der Waals surface area contributed by atoms with Gasteiger partial charge in [0.05, 0.1) is 21.1 Å². The van der Waals surface area contributed by atoms with Crippen molar-refractivity contribution >= 4 is 40.1 Å². The number of carboxylic acids is 1. The monoisotopic (exact) mass is 496 g/mol. The van der Waals surface area contributed by atoms with Crippen molar-refractivity contribution in [1.82, 2.24) is 10.3 Å². The van der Waals surface area contributed by atoms with Crippen molar-refractivity contribution in [2.45, 2.75) is 39.2 Å². The Morgan fingerprint density at radius 1 is 0.941 bits per heavy atom. The summed E-state index contributed by atoms with van der Waals surface area (Å²) in [6, 6.07) is 21.7. The second kappa shape index (κ2) is 11.6. The summed E-state index contributed by atoms with van der Waals surface area (Å²) in [7, 11) is 0. The molecule has 4 aromatic rings. The lowest BCUT2D eigenvalue weighted by molar-refractivity contribution is 0.0699. The normalized spacial score (nSPS) is 11.2. The fourth-order valence-corrected chi connectivity index (χ4v) is 3.87. The van der Waals surface area contributed by atoms with Crippen LogP contribution in [0.25, 0.3) is 10.9 Å². The quantitative estimate of drug-likeness (QED) is 0.242. The number of halogens is 2. The molecule has 0 unspecified atom stereocenters. The highest BCUT2D eigenvalue weighted by Crippen LogP contribution is 2.23. The minimum absolute atomic E-state index is 0.208. The number of H-pyrrole nitrogens is 1. The smallest absolute Gasteiger partial charge is 0.337 e. The first-order valence-electron chi connectivity index (χ1n) is 11.2. The molecule has 0 aliphatic carbocycles. The molecular weight excluding hydrogens is 467 g/mol. The second-order valence-electron chi connectivity index (χ2n) is 9.17. The fourth-order valence-electron chi connectivity index (χ4n) is 3.55. The molecule has 0 spiro atoms. The van der Waals surface area contributed by atoms with Crippen molar-refractivity contribution in [2.24, 2.45) is 0 Å². The third-order valence-corrected chi connectivity index (χ3v) is 6.28. The van der Waals surface area contributed by atoms with Gasteiger partial charge in [-0.05, 0) is 59.3 Å². The summed E-state index contributed by atoms with van der Waals surface area (Å²) in [6.45, 7) is 8.50. The van der Waals surface area contributed by atoms with Crippen LogP contribution in [0.2, 0.25) is 10.0 Å². The number of para-hydroxylation sites is 1. The third-order valence-electron chi connectivity index (χ3n) is 5.54. The van der Waals surface area contributed by atoms with Gasteiger partial charge in [0.15, 0.2) is 0 Å². The van der Waals surface area contributed by atoms with Gasteiger partial charge in [-0.1, -0.05) is 86.4 Å². The average Bonchev–Trinajstić information content (AvgIpc) is 3.28. The van der Waals surface area contributed by atoms with Gasteiger partial charge >= 0.3 is 5.97 Å². The zero-order valence-corrected chi connectivity index (χ0v) is 21.2. The van der Waals surface area contributed by atoms with Crippen LogP contribution in [-0.2, 0) is 18.4 Å². The van der Waals surface area contributed by atoms with E-state index in [-0.39, 0.29) is 5.41 Å². The van der Waals surface area contributed by atoms with Gasteiger partial charge in [-0.3, -0.25) is 0 Å². The van der Waals surface area contributed by atoms with Gasteiger partial charge in [0.1, 0.15) is 0 Å². The van der Waals surface area contributed by atoms with Crippen molar-refractivity contribution in [3.63, 3.8) is 0 Å². The van der Waals surface area contributed by atoms with E-state index >= 15 is 0 Å². The van der Waals surface area contributed by atoms with E-state index in [0.717, 1.165) is 24.9 Å². The summed E-state index contributed by atoms with van der Waals surface area (Å²) in [5.41, 5.74) is 5.08. The lowest BCUT2D eigenvalue weighted by atomic mass is 9.87. The first kappa shape index (κ1) is 25.8. The Morgan fingerprint density at radius 2 is 1.65 bits per heavy atom. The minimum Gasteiger partial charge on any atom is -0.478 e. The molecule has 1 aromatic heterocycles. The number of aromatic carboxylic acids is 1. The Labute approximate surface area is 210 Å². The van der Waals surface area contributed by atoms with E-state index in [4.69, 9.17) is 28.3 Å². The number of aromatic amines is 1. The van der Waals surface area contributed by atoms with Gasteiger partial charge in [0, 0.05) is 18.1 Å². The molecule has 0 fully saturated rings. The number of fused-ring (bicyclic) bond motifs is 1. The Hall–Kier alpha value is -2.79. The Bertz CT molecular complexity index is 1240. The van der Waals surface area contributed by atoms with E-state index in [1.807, 2.05) is 30.3 Å². The number of nitrogens with one attached hydrogen (secondary N) is 2. The molecule has 4 nitrogen and oxygen atoms in total. The Morgan fingerprint density at radius 3 is 2.29 bits per heavy atom. The summed E-state index contributed by atoms with van der Waals surface area (Å²) in [4.78, 5) is 13.6. The third kappa shape index (κ3) is 7.10. The predicted octanol–water partition coefficient (Wildman–Crippen LogP) is 7.49. The van der Waals surface area contributed by atoms with E-state index in [9.17, 15) is 4.79 Å². The molecule has 0 radical (unpaired) electrons. The number of rotatable bonds is 6. The van der Waals surface area contributed by atoms with Crippen molar-refractivity contribution in [3.8, 4) is 0 Å². The molecule has 0 amide bonds. The van der Waals surface area contributed by atoms with Crippen LogP contribution in [0, 0.1) is 0 Å². The van der Waals surface area contributed by atoms with Crippen LogP contribution < -0.4 is 5.32 Å². The SMILES string of the molecule is CC(C)(C)c1ccc(CNCCc2ccc(Cl)c(Cl)c2)cc1.O=C(O)c1cccc2cc[nH]c12. The van der Waals surface area contributed by atoms with Crippen LogP contribution in [-0.4, -0.2) is 22.6 Å². The fraction of sp³-hybridized carbons (Fsp3) is 0.250. The van der Waals surface area contributed by atoms with E-state index in [0.29, 0.717) is 21.1 Å². The molecule has 0 bridgehead atoms. The first-order chi connectivity index (χ1) is 16.1. The lowest BCUT2D eigenvalue weighted by Gasteiger charge is -2.19. The molecule has 0 saturated heterocycles. The van der Waals surface area contributed by atoms with Crippen LogP contribution in [0.15, 0.2) is 72.9 Å². The van der Waals surface area contributed by atoms with Crippen LogP contribution in [0.1, 0.15) is 47.8 Å². The number of hydrogen-bond acceptors (Lipinski definition) is 2. The van der Waals surface area contributed by atoms with Gasteiger partial charge in [0.2, 0.25) is 0 Å². The maximum atomic E-state index is 10.7. The van der Waals surface area contributed by atoms with Gasteiger partial charge in [-0.2, -0.15) is 0 Å². The van der Waals surface area contributed by atoms with E-state index in [1.165, 1.54) is 16.7 Å². The van der Waals surface area contributed by atoms with Crippen LogP contribution in [0.5, 0.6) is 0 Å². The van der Waals surface area contributed by atoms with Crippen LogP contribution >= 0.6 is 23.2 Å². The van der Waals surface area contributed by atoms with E-state index in [1.54, 1.807) is 18.3 Å². The molecular formula is C28H30Cl2N2O2. The largest absolute Gasteiger partial charge is 0.478 e. The highest BCUT2D eigenvalue weighted by molar-refractivity contribution is 6.42. The predicted molar refractivity (Wildman–Crippen MR) is 142 cm³/mol. The molecule has 0 saturated carbocycles. The van der Waals surface area contributed by atoms with Gasteiger partial charge in [-0.25, -0.2) is 4.79 Å². The molecule has 4 rings (SSSR count). The summed E-state index contributed by atoms with van der Waals surface area (Å²) >= 11 is 11.9. The van der Waals surface area contributed by atoms with Crippen molar-refractivity contribution in [2.75, 3.05) is 6.54 Å². The molecule has 0 atom stereocenters. The molecule has 3 aromatic carbocycles. The highest BCUT2D eigenvalue weighted by Gasteiger charge is 2.12. The summed E-state index contributed by atoms with van der Waals surface area (Å²) < 4.78 is 0. The molecule has 3 N–H and O–H groups in total. The maximum Gasteiger partial charge on any atom is 0.337 e. The molecule has 0 aliphatic heterocycles. The van der Waals surface area contributed by atoms with Gasteiger partial charge < -0.3 is 15.4 Å². The molecule has 1 heterocycles. The van der Waals surface area contributed by atoms with Crippen LogP contribution in [0.4, 0.5) is 0 Å². The number of aromatic nitrogens is 1. The number of hydrogen-bond donors (Lipinski definition) is 3. The molecule has 6 heteroatoms. The van der Waals surface area contributed by atoms with Crippen molar-refractivity contribution in [3.05, 3.63) is 105 Å². The second-order valence-corrected chi connectivity index (χ2v) is 9.99. The number of benzene rings is 3. The summed E-state index contributed by atoms with van der Waals surface area (Å²) in [5.74, 6) is -0.900. The van der Waals surface area contributed by atoms with E-state index in [2.05, 4.69) is 55.3 Å². The highest BCUT2D eigenvalue weighted by atomic mass is 35.5. The van der Waals surface area contributed by atoms with E-state index < -0.39 is 5.97 Å². The number of carbonyl (C=O) groups is 1. The maximum absolute atomic E-state index is 10.7. The lowest BCUT2D eigenvalue weighted by Crippen LogP contribution is -2.17. The van der Waals surface area contributed by atoms with Gasteiger partial charge in [-0.15, -0.1) is 0 Å². The zero-order chi connectivity index (χ0) is 24.7.